The predicted octanol–water partition coefficient (Wildman–Crippen LogP) is 1.40. The molecule has 3 fully saturated rings. The largest absolute Gasteiger partial charge is 0.393 e. The molecule has 0 aliphatic carbocycles. The zero-order chi connectivity index (χ0) is 11.0. The summed E-state index contributed by atoms with van der Waals surface area (Å²) >= 11 is 0. The molecule has 0 radical (unpaired) electrons. The SMILES string of the molecule is OC1CC2CCC(C1)N2CC1CCOCC1. The van der Waals surface area contributed by atoms with Crippen molar-refractivity contribution in [3.63, 3.8) is 0 Å². The van der Waals surface area contributed by atoms with Crippen LogP contribution in [0.25, 0.3) is 0 Å². The fourth-order valence-corrected chi connectivity index (χ4v) is 3.77. The summed E-state index contributed by atoms with van der Waals surface area (Å²) in [5, 5.41) is 9.77. The van der Waals surface area contributed by atoms with E-state index in [4.69, 9.17) is 4.74 Å². The minimum Gasteiger partial charge on any atom is -0.393 e. The maximum atomic E-state index is 9.77. The van der Waals surface area contributed by atoms with E-state index in [-0.39, 0.29) is 6.10 Å². The normalized spacial score (nSPS) is 41.4. The van der Waals surface area contributed by atoms with E-state index in [2.05, 4.69) is 4.90 Å². The third-order valence-corrected chi connectivity index (χ3v) is 4.67. The second-order valence-corrected chi connectivity index (χ2v) is 5.76. The van der Waals surface area contributed by atoms with Crippen molar-refractivity contribution in [2.45, 2.75) is 56.7 Å². The summed E-state index contributed by atoms with van der Waals surface area (Å²) < 4.78 is 5.42. The molecular weight excluding hydrogens is 202 g/mol. The van der Waals surface area contributed by atoms with E-state index in [1.807, 2.05) is 0 Å². The van der Waals surface area contributed by atoms with Gasteiger partial charge in [-0.25, -0.2) is 0 Å². The minimum absolute atomic E-state index is 0.0246. The van der Waals surface area contributed by atoms with E-state index in [1.165, 1.54) is 32.2 Å². The first-order valence-electron chi connectivity index (χ1n) is 6.84. The van der Waals surface area contributed by atoms with Crippen LogP contribution in [0.15, 0.2) is 0 Å². The Morgan fingerprint density at radius 2 is 1.62 bits per heavy atom. The standard InChI is InChI=1S/C13H23NO2/c15-13-7-11-1-2-12(8-13)14(11)9-10-3-5-16-6-4-10/h10-13,15H,1-9H2. The van der Waals surface area contributed by atoms with Crippen LogP contribution in [0.5, 0.6) is 0 Å². The maximum Gasteiger partial charge on any atom is 0.0570 e. The van der Waals surface area contributed by atoms with Crippen LogP contribution in [-0.4, -0.2) is 48.0 Å². The maximum absolute atomic E-state index is 9.77. The number of aliphatic hydroxyl groups is 1. The van der Waals surface area contributed by atoms with Crippen LogP contribution in [0.2, 0.25) is 0 Å². The molecule has 0 amide bonds. The highest BCUT2D eigenvalue weighted by molar-refractivity contribution is 4.95. The van der Waals surface area contributed by atoms with Crippen molar-refractivity contribution in [2.24, 2.45) is 5.92 Å². The molecule has 3 aliphatic heterocycles. The molecule has 2 bridgehead atoms. The lowest BCUT2D eigenvalue weighted by atomic mass is 9.94. The van der Waals surface area contributed by atoms with E-state index < -0.39 is 0 Å². The predicted molar refractivity (Wildman–Crippen MR) is 62.3 cm³/mol. The molecule has 0 aromatic heterocycles. The number of hydrogen-bond acceptors (Lipinski definition) is 3. The second-order valence-electron chi connectivity index (χ2n) is 5.76. The molecule has 0 saturated carbocycles. The van der Waals surface area contributed by atoms with Crippen LogP contribution >= 0.6 is 0 Å². The first-order valence-corrected chi connectivity index (χ1v) is 6.84. The van der Waals surface area contributed by atoms with Gasteiger partial charge in [0.1, 0.15) is 0 Å². The van der Waals surface area contributed by atoms with Gasteiger partial charge in [0.2, 0.25) is 0 Å². The van der Waals surface area contributed by atoms with Crippen LogP contribution < -0.4 is 0 Å². The third kappa shape index (κ3) is 2.13. The molecule has 2 unspecified atom stereocenters. The quantitative estimate of drug-likeness (QED) is 0.771. The number of aliphatic hydroxyl groups excluding tert-OH is 1. The van der Waals surface area contributed by atoms with Gasteiger partial charge in [-0.15, -0.1) is 0 Å². The minimum atomic E-state index is -0.0246. The molecule has 3 rings (SSSR count). The summed E-state index contributed by atoms with van der Waals surface area (Å²) in [5.74, 6) is 0.840. The van der Waals surface area contributed by atoms with E-state index in [0.29, 0.717) is 12.1 Å². The summed E-state index contributed by atoms with van der Waals surface area (Å²) in [6.45, 7) is 3.17. The van der Waals surface area contributed by atoms with Gasteiger partial charge in [-0.1, -0.05) is 0 Å². The molecular formula is C13H23NO2. The molecule has 3 saturated heterocycles. The molecule has 0 aromatic carbocycles. The Bertz CT molecular complexity index is 226. The number of ether oxygens (including phenoxy) is 1. The summed E-state index contributed by atoms with van der Waals surface area (Å²) in [7, 11) is 0. The summed E-state index contributed by atoms with van der Waals surface area (Å²) in [6, 6.07) is 1.35. The molecule has 3 heterocycles. The van der Waals surface area contributed by atoms with Crippen LogP contribution in [0, 0.1) is 5.92 Å². The first kappa shape index (κ1) is 11.0. The Kier molecular flexibility index (Phi) is 3.18. The highest BCUT2D eigenvalue weighted by Crippen LogP contribution is 2.36. The van der Waals surface area contributed by atoms with E-state index >= 15 is 0 Å². The molecule has 2 atom stereocenters. The van der Waals surface area contributed by atoms with Crippen molar-refractivity contribution >= 4 is 0 Å². The van der Waals surface area contributed by atoms with Gasteiger partial charge in [0.25, 0.3) is 0 Å². The Hall–Kier alpha value is -0.120. The van der Waals surface area contributed by atoms with Gasteiger partial charge in [-0.3, -0.25) is 4.90 Å². The van der Waals surface area contributed by atoms with Gasteiger partial charge in [0.15, 0.2) is 0 Å². The van der Waals surface area contributed by atoms with Gasteiger partial charge in [0.05, 0.1) is 6.10 Å². The Balaban J connectivity index is 1.58. The molecule has 16 heavy (non-hydrogen) atoms. The highest BCUT2D eigenvalue weighted by Gasteiger charge is 2.40. The Morgan fingerprint density at radius 1 is 1.00 bits per heavy atom. The average molecular weight is 225 g/mol. The first-order chi connectivity index (χ1) is 7.83. The summed E-state index contributed by atoms with van der Waals surface area (Å²) in [5.41, 5.74) is 0. The molecule has 0 aromatic rings. The van der Waals surface area contributed by atoms with Crippen molar-refractivity contribution in [2.75, 3.05) is 19.8 Å². The number of rotatable bonds is 2. The molecule has 3 nitrogen and oxygen atoms in total. The molecule has 3 aliphatic rings. The smallest absolute Gasteiger partial charge is 0.0570 e. The van der Waals surface area contributed by atoms with Crippen molar-refractivity contribution < 1.29 is 9.84 Å². The van der Waals surface area contributed by atoms with Crippen LogP contribution in [0.1, 0.15) is 38.5 Å². The van der Waals surface area contributed by atoms with Crippen LogP contribution in [0.3, 0.4) is 0 Å². The van der Waals surface area contributed by atoms with Crippen molar-refractivity contribution in [3.8, 4) is 0 Å². The van der Waals surface area contributed by atoms with Crippen molar-refractivity contribution in [1.82, 2.24) is 4.90 Å². The zero-order valence-corrected chi connectivity index (χ0v) is 9.98. The monoisotopic (exact) mass is 225 g/mol. The summed E-state index contributed by atoms with van der Waals surface area (Å²) in [4.78, 5) is 2.70. The van der Waals surface area contributed by atoms with Gasteiger partial charge >= 0.3 is 0 Å². The molecule has 92 valence electrons. The number of fused-ring (bicyclic) bond motifs is 2. The third-order valence-electron chi connectivity index (χ3n) is 4.67. The van der Waals surface area contributed by atoms with Gasteiger partial charge in [0, 0.05) is 31.8 Å². The number of piperidine rings is 1. The number of hydrogen-bond donors (Lipinski definition) is 1. The lowest BCUT2D eigenvalue weighted by molar-refractivity contribution is 0.00500. The topological polar surface area (TPSA) is 32.7 Å². The van der Waals surface area contributed by atoms with E-state index in [9.17, 15) is 5.11 Å². The average Bonchev–Trinajstić information content (AvgIpc) is 2.54. The second kappa shape index (κ2) is 4.63. The van der Waals surface area contributed by atoms with Crippen LogP contribution in [-0.2, 0) is 4.74 Å². The zero-order valence-electron chi connectivity index (χ0n) is 9.98. The molecule has 0 spiro atoms. The van der Waals surface area contributed by atoms with Crippen molar-refractivity contribution in [3.05, 3.63) is 0 Å². The lowest BCUT2D eigenvalue weighted by Gasteiger charge is -2.39. The lowest BCUT2D eigenvalue weighted by Crippen LogP contribution is -2.47. The van der Waals surface area contributed by atoms with Gasteiger partial charge in [-0.2, -0.15) is 0 Å². The molecule has 1 N–H and O–H groups in total. The fraction of sp³-hybridized carbons (Fsp3) is 1.00. The van der Waals surface area contributed by atoms with E-state index in [0.717, 1.165) is 32.0 Å². The van der Waals surface area contributed by atoms with E-state index in [1.54, 1.807) is 0 Å². The van der Waals surface area contributed by atoms with Gasteiger partial charge in [-0.05, 0) is 44.4 Å². The van der Waals surface area contributed by atoms with Gasteiger partial charge < -0.3 is 9.84 Å². The summed E-state index contributed by atoms with van der Waals surface area (Å²) in [6.07, 6.45) is 7.09. The fourth-order valence-electron chi connectivity index (χ4n) is 3.77. The molecule has 3 heteroatoms. The Morgan fingerprint density at radius 3 is 2.25 bits per heavy atom. The highest BCUT2D eigenvalue weighted by atomic mass is 16.5. The Labute approximate surface area is 97.8 Å². The number of nitrogens with zero attached hydrogens (tertiary/aromatic N) is 1. The van der Waals surface area contributed by atoms with Crippen LogP contribution in [0.4, 0.5) is 0 Å². The van der Waals surface area contributed by atoms with Crippen molar-refractivity contribution in [1.29, 1.82) is 0 Å².